The predicted octanol–water partition coefficient (Wildman–Crippen LogP) is 3.73. The molecule has 1 N–H and O–H groups in total. The number of rotatable bonds is 5. The maximum Gasteiger partial charge on any atom is 0.272 e. The average molecular weight is 370 g/mol. The van der Waals surface area contributed by atoms with Gasteiger partial charge in [0.1, 0.15) is 23.1 Å². The van der Waals surface area contributed by atoms with Crippen LogP contribution in [0.3, 0.4) is 0 Å². The van der Waals surface area contributed by atoms with E-state index in [0.717, 1.165) is 12.1 Å². The van der Waals surface area contributed by atoms with Crippen molar-refractivity contribution in [2.75, 3.05) is 12.4 Å². The molecule has 0 aliphatic heterocycles. The van der Waals surface area contributed by atoms with Crippen LogP contribution in [-0.2, 0) is 6.54 Å². The summed E-state index contributed by atoms with van der Waals surface area (Å²) >= 11 is 0. The number of allylic oxidation sites excluding steroid dienone is 1. The van der Waals surface area contributed by atoms with Gasteiger partial charge in [0.15, 0.2) is 0 Å². The van der Waals surface area contributed by atoms with Gasteiger partial charge in [0, 0.05) is 18.0 Å². The Morgan fingerprint density at radius 2 is 2.00 bits per heavy atom. The molecule has 0 aliphatic rings. The number of nitrogens with one attached hydrogen (secondary N) is 1. The van der Waals surface area contributed by atoms with Gasteiger partial charge in [-0.3, -0.25) is 14.2 Å². The van der Waals surface area contributed by atoms with E-state index < -0.39 is 17.5 Å². The van der Waals surface area contributed by atoms with E-state index in [1.165, 1.54) is 23.8 Å². The van der Waals surface area contributed by atoms with Crippen molar-refractivity contribution in [3.63, 3.8) is 0 Å². The molecule has 0 radical (unpaired) electrons. The van der Waals surface area contributed by atoms with Gasteiger partial charge >= 0.3 is 0 Å². The minimum Gasteiger partial charge on any atom is -0.497 e. The minimum atomic E-state index is -0.913. The third-order valence-electron chi connectivity index (χ3n) is 4.04. The summed E-state index contributed by atoms with van der Waals surface area (Å²) in [6, 6.07) is 9.21. The Balaban J connectivity index is 2.12. The molecule has 0 unspecified atom stereocenters. The third kappa shape index (κ3) is 3.57. The van der Waals surface area contributed by atoms with Crippen LogP contribution in [0.4, 0.5) is 14.5 Å². The molecule has 3 aromatic rings. The van der Waals surface area contributed by atoms with E-state index in [-0.39, 0.29) is 23.5 Å². The lowest BCUT2D eigenvalue weighted by molar-refractivity contribution is 0.101. The number of nitrogens with zero attached hydrogens (tertiary/aromatic N) is 1. The second-order valence-corrected chi connectivity index (χ2v) is 5.77. The quantitative estimate of drug-likeness (QED) is 0.697. The van der Waals surface area contributed by atoms with Gasteiger partial charge in [0.2, 0.25) is 0 Å². The van der Waals surface area contributed by atoms with Crippen molar-refractivity contribution in [1.82, 2.24) is 4.57 Å². The molecule has 3 rings (SSSR count). The van der Waals surface area contributed by atoms with Crippen LogP contribution >= 0.6 is 0 Å². The smallest absolute Gasteiger partial charge is 0.272 e. The normalized spacial score (nSPS) is 10.6. The van der Waals surface area contributed by atoms with Gasteiger partial charge in [-0.05, 0) is 41.8 Å². The fourth-order valence-electron chi connectivity index (χ4n) is 2.74. The van der Waals surface area contributed by atoms with Crippen molar-refractivity contribution in [1.29, 1.82) is 0 Å². The number of pyridine rings is 1. The van der Waals surface area contributed by atoms with E-state index in [1.807, 2.05) is 0 Å². The highest BCUT2D eigenvalue weighted by Gasteiger charge is 2.17. The van der Waals surface area contributed by atoms with Crippen molar-refractivity contribution in [3.8, 4) is 5.75 Å². The molecule has 0 saturated heterocycles. The van der Waals surface area contributed by atoms with Crippen molar-refractivity contribution in [2.24, 2.45) is 0 Å². The van der Waals surface area contributed by atoms with Gasteiger partial charge in [0.05, 0.1) is 12.8 Å². The monoisotopic (exact) mass is 370 g/mol. The summed E-state index contributed by atoms with van der Waals surface area (Å²) in [5.74, 6) is -1.85. The number of amides is 1. The molecule has 138 valence electrons. The standard InChI is InChI=1S/C20H16F2N2O3/c1-3-8-24-18(19(25)23-17-7-4-13(21)11-16(17)22)10-12-9-14(27-2)5-6-15(12)20(24)26/h3-7,9-11H,1,8H2,2H3,(H,23,25). The maximum atomic E-state index is 13.9. The molecule has 0 bridgehead atoms. The van der Waals surface area contributed by atoms with Gasteiger partial charge in [0.25, 0.3) is 11.5 Å². The Bertz CT molecular complexity index is 1110. The zero-order valence-corrected chi connectivity index (χ0v) is 14.5. The molecule has 1 heterocycles. The predicted molar refractivity (Wildman–Crippen MR) is 99.3 cm³/mol. The summed E-state index contributed by atoms with van der Waals surface area (Å²) in [5, 5.41) is 3.28. The summed E-state index contributed by atoms with van der Waals surface area (Å²) in [6.45, 7) is 3.69. The molecule has 2 aromatic carbocycles. The van der Waals surface area contributed by atoms with Crippen molar-refractivity contribution >= 4 is 22.4 Å². The lowest BCUT2D eigenvalue weighted by Crippen LogP contribution is -2.28. The number of anilines is 1. The first kappa shape index (κ1) is 18.3. The summed E-state index contributed by atoms with van der Waals surface area (Å²) < 4.78 is 33.3. The molecule has 7 heteroatoms. The van der Waals surface area contributed by atoms with E-state index in [9.17, 15) is 18.4 Å². The van der Waals surface area contributed by atoms with Crippen LogP contribution in [0.2, 0.25) is 0 Å². The Morgan fingerprint density at radius 1 is 1.22 bits per heavy atom. The summed E-state index contributed by atoms with van der Waals surface area (Å²) in [4.78, 5) is 25.5. The molecule has 0 aliphatic carbocycles. The molecule has 1 aromatic heterocycles. The third-order valence-corrected chi connectivity index (χ3v) is 4.04. The molecule has 0 saturated carbocycles. The van der Waals surface area contributed by atoms with E-state index in [0.29, 0.717) is 22.6 Å². The zero-order chi connectivity index (χ0) is 19.6. The van der Waals surface area contributed by atoms with Gasteiger partial charge < -0.3 is 10.1 Å². The topological polar surface area (TPSA) is 60.3 Å². The molecule has 1 amide bonds. The van der Waals surface area contributed by atoms with Gasteiger partial charge in [-0.25, -0.2) is 8.78 Å². The maximum absolute atomic E-state index is 13.9. The minimum absolute atomic E-state index is 0.0179. The van der Waals surface area contributed by atoms with Gasteiger partial charge in [-0.1, -0.05) is 6.08 Å². The second kappa shape index (κ2) is 7.41. The zero-order valence-electron chi connectivity index (χ0n) is 14.5. The van der Waals surface area contributed by atoms with Crippen molar-refractivity contribution in [2.45, 2.75) is 6.54 Å². The molecule has 27 heavy (non-hydrogen) atoms. The van der Waals surface area contributed by atoms with Crippen molar-refractivity contribution in [3.05, 3.63) is 82.8 Å². The highest BCUT2D eigenvalue weighted by atomic mass is 19.1. The number of ether oxygens (including phenoxy) is 1. The van der Waals surface area contributed by atoms with Crippen LogP contribution in [0.1, 0.15) is 10.5 Å². The highest BCUT2D eigenvalue weighted by molar-refractivity contribution is 6.05. The fourth-order valence-corrected chi connectivity index (χ4v) is 2.74. The number of fused-ring (bicyclic) bond motifs is 1. The molecular weight excluding hydrogens is 354 g/mol. The van der Waals surface area contributed by atoms with E-state index in [4.69, 9.17) is 4.74 Å². The largest absolute Gasteiger partial charge is 0.497 e. The first-order chi connectivity index (χ1) is 12.9. The van der Waals surface area contributed by atoms with Crippen LogP contribution in [-0.4, -0.2) is 17.6 Å². The van der Waals surface area contributed by atoms with Gasteiger partial charge in [-0.2, -0.15) is 0 Å². The number of aromatic nitrogens is 1. The SMILES string of the molecule is C=CCn1c(C(=O)Nc2ccc(F)cc2F)cc2cc(OC)ccc2c1=O. The average Bonchev–Trinajstić information content (AvgIpc) is 2.65. The van der Waals surface area contributed by atoms with Gasteiger partial charge in [-0.15, -0.1) is 6.58 Å². The van der Waals surface area contributed by atoms with Crippen LogP contribution in [0.5, 0.6) is 5.75 Å². The fraction of sp³-hybridized carbons (Fsp3) is 0.100. The Morgan fingerprint density at radius 3 is 2.67 bits per heavy atom. The van der Waals surface area contributed by atoms with E-state index in [2.05, 4.69) is 11.9 Å². The molecular formula is C20H16F2N2O3. The highest BCUT2D eigenvalue weighted by Crippen LogP contribution is 2.21. The Kier molecular flexibility index (Phi) is 5.03. The van der Waals surface area contributed by atoms with Crippen LogP contribution < -0.4 is 15.6 Å². The number of carbonyl (C=O) groups excluding carboxylic acids is 1. The van der Waals surface area contributed by atoms with Crippen molar-refractivity contribution < 1.29 is 18.3 Å². The first-order valence-electron chi connectivity index (χ1n) is 8.03. The van der Waals surface area contributed by atoms with Crippen LogP contribution in [0, 0.1) is 11.6 Å². The number of benzene rings is 2. The molecule has 0 atom stereocenters. The van der Waals surface area contributed by atoms with E-state index >= 15 is 0 Å². The Labute approximate surface area is 153 Å². The number of halogens is 2. The number of methoxy groups -OCH3 is 1. The number of hydrogen-bond donors (Lipinski definition) is 1. The second-order valence-electron chi connectivity index (χ2n) is 5.77. The Hall–Kier alpha value is -3.48. The summed E-state index contributed by atoms with van der Waals surface area (Å²) in [5.41, 5.74) is -0.561. The van der Waals surface area contributed by atoms with Crippen LogP contribution in [0.15, 0.2) is 59.9 Å². The molecule has 0 spiro atoms. The first-order valence-corrected chi connectivity index (χ1v) is 8.03. The molecule has 0 fully saturated rings. The summed E-state index contributed by atoms with van der Waals surface area (Å²) in [7, 11) is 1.49. The van der Waals surface area contributed by atoms with Crippen LogP contribution in [0.25, 0.3) is 10.8 Å². The van der Waals surface area contributed by atoms with E-state index in [1.54, 1.807) is 18.2 Å². The number of hydrogen-bond acceptors (Lipinski definition) is 3. The summed E-state index contributed by atoms with van der Waals surface area (Å²) in [6.07, 6.45) is 1.48. The lowest BCUT2D eigenvalue weighted by atomic mass is 10.1. The lowest BCUT2D eigenvalue weighted by Gasteiger charge is -2.14. The molecule has 5 nitrogen and oxygen atoms in total. The number of carbonyl (C=O) groups is 1.